The average molecular weight is 357 g/mol. The minimum Gasteiger partial charge on any atom is -0.478 e. The Balaban J connectivity index is 1.60. The molecule has 3 rings (SSSR count). The minimum absolute atomic E-state index is 0.219. The lowest BCUT2D eigenvalue weighted by molar-refractivity contribution is -0.159. The molecule has 1 heterocycles. The van der Waals surface area contributed by atoms with Gasteiger partial charge in [0.25, 0.3) is 5.91 Å². The maximum absolute atomic E-state index is 13.3. The second-order valence-electron chi connectivity index (χ2n) is 6.40. The first-order valence-corrected chi connectivity index (χ1v) is 8.38. The summed E-state index contributed by atoms with van der Waals surface area (Å²) >= 11 is 0. The monoisotopic (exact) mass is 357 g/mol. The van der Waals surface area contributed by atoms with E-state index in [1.54, 1.807) is 0 Å². The molecule has 0 aliphatic carbocycles. The Labute approximate surface area is 151 Å². The Hall–Kier alpha value is -2.89. The Morgan fingerprint density at radius 2 is 1.92 bits per heavy atom. The van der Waals surface area contributed by atoms with Gasteiger partial charge in [-0.3, -0.25) is 4.79 Å². The molecule has 0 spiro atoms. The highest BCUT2D eigenvalue weighted by atomic mass is 19.1. The largest absolute Gasteiger partial charge is 0.478 e. The first kappa shape index (κ1) is 17.9. The normalized spacial score (nSPS) is 16.4. The van der Waals surface area contributed by atoms with Crippen molar-refractivity contribution in [2.24, 2.45) is 0 Å². The third kappa shape index (κ3) is 3.69. The number of carbonyl (C=O) groups is 2. The van der Waals surface area contributed by atoms with Gasteiger partial charge < -0.3 is 14.8 Å². The molecule has 1 amide bonds. The first-order chi connectivity index (χ1) is 12.3. The van der Waals surface area contributed by atoms with Crippen LogP contribution in [0.4, 0.5) is 10.1 Å². The van der Waals surface area contributed by atoms with E-state index < -0.39 is 24.1 Å². The topological polar surface area (TPSA) is 64.6 Å². The molecule has 2 atom stereocenters. The molecular weight excluding hydrogens is 337 g/mol. The van der Waals surface area contributed by atoms with Crippen molar-refractivity contribution in [2.75, 3.05) is 5.32 Å². The van der Waals surface area contributed by atoms with Crippen molar-refractivity contribution < 1.29 is 23.5 Å². The fraction of sp³-hybridized carbons (Fsp3) is 0.300. The summed E-state index contributed by atoms with van der Waals surface area (Å²) in [6.07, 6.45) is -1.63. The van der Waals surface area contributed by atoms with E-state index in [2.05, 4.69) is 5.32 Å². The number of carbonyl (C=O) groups excluding carboxylic acids is 2. The van der Waals surface area contributed by atoms with Crippen LogP contribution in [0, 0.1) is 19.7 Å². The van der Waals surface area contributed by atoms with Crippen LogP contribution in [0.5, 0.6) is 5.75 Å². The van der Waals surface area contributed by atoms with Crippen LogP contribution in [0.3, 0.4) is 0 Å². The molecule has 0 fully saturated rings. The van der Waals surface area contributed by atoms with E-state index in [0.29, 0.717) is 17.0 Å². The lowest BCUT2D eigenvalue weighted by atomic mass is 10.1. The summed E-state index contributed by atoms with van der Waals surface area (Å²) in [6, 6.07) is 9.77. The number of rotatable bonds is 4. The summed E-state index contributed by atoms with van der Waals surface area (Å²) in [6.45, 7) is 5.28. The van der Waals surface area contributed by atoms with E-state index in [4.69, 9.17) is 9.47 Å². The molecule has 6 heteroatoms. The van der Waals surface area contributed by atoms with E-state index in [0.717, 1.165) is 11.1 Å². The van der Waals surface area contributed by atoms with Gasteiger partial charge in [-0.2, -0.15) is 0 Å². The SMILES string of the molecule is Cc1cccc(C)c1NC(=O)[C@@H](C)OC(=O)[C@@H]1Cc2cc(F)ccc2O1. The van der Waals surface area contributed by atoms with E-state index in [9.17, 15) is 14.0 Å². The molecule has 0 bridgehead atoms. The van der Waals surface area contributed by atoms with Gasteiger partial charge in [0.2, 0.25) is 0 Å². The number of benzene rings is 2. The molecule has 2 aromatic carbocycles. The van der Waals surface area contributed by atoms with Gasteiger partial charge in [-0.05, 0) is 50.1 Å². The highest BCUT2D eigenvalue weighted by Crippen LogP contribution is 2.30. The third-order valence-corrected chi connectivity index (χ3v) is 4.35. The van der Waals surface area contributed by atoms with Crippen LogP contribution in [-0.2, 0) is 20.7 Å². The molecule has 1 aliphatic rings. The Morgan fingerprint density at radius 1 is 1.23 bits per heavy atom. The number of halogens is 1. The summed E-state index contributed by atoms with van der Waals surface area (Å²) in [5.74, 6) is -0.994. The van der Waals surface area contributed by atoms with Gasteiger partial charge in [0.05, 0.1) is 0 Å². The molecule has 1 N–H and O–H groups in total. The van der Waals surface area contributed by atoms with Gasteiger partial charge in [-0.1, -0.05) is 18.2 Å². The van der Waals surface area contributed by atoms with Crippen LogP contribution >= 0.6 is 0 Å². The quantitative estimate of drug-likeness (QED) is 0.853. The maximum Gasteiger partial charge on any atom is 0.348 e. The Kier molecular flexibility index (Phi) is 4.93. The fourth-order valence-electron chi connectivity index (χ4n) is 2.89. The van der Waals surface area contributed by atoms with E-state index in [1.807, 2.05) is 32.0 Å². The number of nitrogens with one attached hydrogen (secondary N) is 1. The third-order valence-electron chi connectivity index (χ3n) is 4.35. The Morgan fingerprint density at radius 3 is 2.62 bits per heavy atom. The van der Waals surface area contributed by atoms with E-state index >= 15 is 0 Å². The predicted molar refractivity (Wildman–Crippen MR) is 94.6 cm³/mol. The van der Waals surface area contributed by atoms with Gasteiger partial charge in [0, 0.05) is 17.7 Å². The molecule has 1 aliphatic heterocycles. The molecule has 2 aromatic rings. The number of aryl methyl sites for hydroxylation is 2. The number of esters is 1. The number of amides is 1. The summed E-state index contributed by atoms with van der Waals surface area (Å²) in [7, 11) is 0. The zero-order valence-electron chi connectivity index (χ0n) is 14.8. The van der Waals surface area contributed by atoms with Crippen molar-refractivity contribution in [1.82, 2.24) is 0 Å². The first-order valence-electron chi connectivity index (χ1n) is 8.38. The number of hydrogen-bond acceptors (Lipinski definition) is 4. The van der Waals surface area contributed by atoms with Crippen LogP contribution in [-0.4, -0.2) is 24.1 Å². The van der Waals surface area contributed by atoms with Crippen LogP contribution in [0.25, 0.3) is 0 Å². The Bertz CT molecular complexity index is 845. The van der Waals surface area contributed by atoms with Crippen molar-refractivity contribution in [3.05, 3.63) is 58.9 Å². The second-order valence-corrected chi connectivity index (χ2v) is 6.40. The molecule has 5 nitrogen and oxygen atoms in total. The average Bonchev–Trinajstić information content (AvgIpc) is 3.01. The number of hydrogen-bond donors (Lipinski definition) is 1. The van der Waals surface area contributed by atoms with Gasteiger partial charge in [-0.15, -0.1) is 0 Å². The lowest BCUT2D eigenvalue weighted by Gasteiger charge is -2.18. The predicted octanol–water partition coefficient (Wildman–Crippen LogP) is 3.32. The van der Waals surface area contributed by atoms with E-state index in [-0.39, 0.29) is 12.2 Å². The number of fused-ring (bicyclic) bond motifs is 1. The van der Waals surface area contributed by atoms with Crippen LogP contribution in [0.2, 0.25) is 0 Å². The highest BCUT2D eigenvalue weighted by Gasteiger charge is 2.32. The molecule has 0 radical (unpaired) electrons. The second kappa shape index (κ2) is 7.15. The van der Waals surface area contributed by atoms with Crippen molar-refractivity contribution in [3.8, 4) is 5.75 Å². The fourth-order valence-corrected chi connectivity index (χ4v) is 2.89. The minimum atomic E-state index is -0.981. The lowest BCUT2D eigenvalue weighted by Crippen LogP contribution is -2.36. The standard InChI is InChI=1S/C20H20FNO4/c1-11-5-4-6-12(2)18(11)22-19(23)13(3)25-20(24)17-10-14-9-15(21)7-8-16(14)26-17/h4-9,13,17H,10H2,1-3H3,(H,22,23)/t13-,17+/m1/s1. The van der Waals surface area contributed by atoms with Crippen LogP contribution < -0.4 is 10.1 Å². The van der Waals surface area contributed by atoms with Crippen molar-refractivity contribution in [3.63, 3.8) is 0 Å². The molecular formula is C20H20FNO4. The van der Waals surface area contributed by atoms with Gasteiger partial charge in [0.1, 0.15) is 11.6 Å². The molecule has 26 heavy (non-hydrogen) atoms. The molecule has 0 saturated heterocycles. The van der Waals surface area contributed by atoms with Gasteiger partial charge >= 0.3 is 5.97 Å². The van der Waals surface area contributed by atoms with Crippen molar-refractivity contribution in [2.45, 2.75) is 39.4 Å². The molecule has 0 saturated carbocycles. The van der Waals surface area contributed by atoms with Crippen molar-refractivity contribution in [1.29, 1.82) is 0 Å². The van der Waals surface area contributed by atoms with E-state index in [1.165, 1.54) is 25.1 Å². The summed E-state index contributed by atoms with van der Waals surface area (Å²) in [5, 5.41) is 2.79. The zero-order chi connectivity index (χ0) is 18.8. The highest BCUT2D eigenvalue weighted by molar-refractivity contribution is 5.96. The number of ether oxygens (including phenoxy) is 2. The summed E-state index contributed by atoms with van der Waals surface area (Å²) in [5.41, 5.74) is 3.17. The summed E-state index contributed by atoms with van der Waals surface area (Å²) < 4.78 is 24.0. The van der Waals surface area contributed by atoms with Crippen molar-refractivity contribution >= 4 is 17.6 Å². The molecule has 0 unspecified atom stereocenters. The number of para-hydroxylation sites is 1. The van der Waals surface area contributed by atoms with Gasteiger partial charge in [-0.25, -0.2) is 9.18 Å². The summed E-state index contributed by atoms with van der Waals surface area (Å²) in [4.78, 5) is 24.6. The smallest absolute Gasteiger partial charge is 0.348 e. The zero-order valence-corrected chi connectivity index (χ0v) is 14.8. The molecule has 0 aromatic heterocycles. The van der Waals surface area contributed by atoms with Crippen LogP contribution in [0.15, 0.2) is 36.4 Å². The maximum atomic E-state index is 13.3. The number of anilines is 1. The van der Waals surface area contributed by atoms with Gasteiger partial charge in [0.15, 0.2) is 12.2 Å². The van der Waals surface area contributed by atoms with Crippen LogP contribution in [0.1, 0.15) is 23.6 Å². The molecule has 136 valence electrons.